The van der Waals surface area contributed by atoms with Gasteiger partial charge in [0.25, 0.3) is 5.91 Å². The highest BCUT2D eigenvalue weighted by molar-refractivity contribution is 7.91. The van der Waals surface area contributed by atoms with Crippen molar-refractivity contribution in [2.45, 2.75) is 31.4 Å². The van der Waals surface area contributed by atoms with Crippen molar-refractivity contribution >= 4 is 33.3 Å². The Bertz CT molecular complexity index is 1850. The molecule has 3 heterocycles. The summed E-state index contributed by atoms with van der Waals surface area (Å²) >= 11 is 0. The number of aromatic nitrogens is 1. The first-order valence-corrected chi connectivity index (χ1v) is 18.2. The molecule has 3 aromatic carbocycles. The van der Waals surface area contributed by atoms with Gasteiger partial charge in [0.15, 0.2) is 0 Å². The van der Waals surface area contributed by atoms with Gasteiger partial charge in [0.1, 0.15) is 5.75 Å². The van der Waals surface area contributed by atoms with Crippen molar-refractivity contribution in [1.29, 1.82) is 0 Å². The van der Waals surface area contributed by atoms with Crippen molar-refractivity contribution in [3.05, 3.63) is 113 Å². The lowest BCUT2D eigenvalue weighted by atomic mass is 9.89. The van der Waals surface area contributed by atoms with E-state index in [1.807, 2.05) is 59.5 Å². The van der Waals surface area contributed by atoms with E-state index < -0.39 is 16.0 Å². The number of pyridine rings is 1. The van der Waals surface area contributed by atoms with E-state index in [0.29, 0.717) is 41.5 Å². The summed E-state index contributed by atoms with van der Waals surface area (Å²) in [4.78, 5) is 35.3. The zero-order valence-corrected chi connectivity index (χ0v) is 28.3. The highest BCUT2D eigenvalue weighted by atomic mass is 32.2. The van der Waals surface area contributed by atoms with Gasteiger partial charge in [-0.05, 0) is 72.8 Å². The number of carbonyl (C=O) groups is 2. The summed E-state index contributed by atoms with van der Waals surface area (Å²) in [5.41, 5.74) is 3.60. The third kappa shape index (κ3) is 8.57. The molecular formula is C37H41N5O6S. The fourth-order valence-corrected chi connectivity index (χ4v) is 7.63. The van der Waals surface area contributed by atoms with Crippen LogP contribution in [-0.2, 0) is 15.8 Å². The van der Waals surface area contributed by atoms with E-state index in [1.54, 1.807) is 18.2 Å². The molecule has 1 aromatic heterocycles. The quantitative estimate of drug-likeness (QED) is 0.205. The third-order valence-corrected chi connectivity index (χ3v) is 10.5. The van der Waals surface area contributed by atoms with Gasteiger partial charge in [-0.25, -0.2) is 18.2 Å². The number of sulfonamides is 1. The van der Waals surface area contributed by atoms with Gasteiger partial charge >= 0.3 is 5.97 Å². The van der Waals surface area contributed by atoms with Crippen LogP contribution in [0.2, 0.25) is 0 Å². The lowest BCUT2D eigenvalue weighted by Crippen LogP contribution is -2.46. The second kappa shape index (κ2) is 15.1. The van der Waals surface area contributed by atoms with E-state index in [0.717, 1.165) is 56.8 Å². The number of hydrogen-bond donors (Lipinski definition) is 2. The first kappa shape index (κ1) is 33.9. The molecule has 2 fully saturated rings. The summed E-state index contributed by atoms with van der Waals surface area (Å²) < 4.78 is 35.3. The molecule has 4 aromatic rings. The summed E-state index contributed by atoms with van der Waals surface area (Å²) in [5.74, 6) is -0.143. The number of nitrogens with zero attached hydrogens (tertiary/aromatic N) is 4. The maximum absolute atomic E-state index is 13.8. The molecule has 0 spiro atoms. The number of anilines is 2. The van der Waals surface area contributed by atoms with E-state index >= 15 is 0 Å². The maximum atomic E-state index is 13.8. The van der Waals surface area contributed by atoms with Crippen molar-refractivity contribution in [3.63, 3.8) is 0 Å². The first-order valence-electron chi connectivity index (χ1n) is 16.6. The molecule has 11 nitrogen and oxygen atoms in total. The van der Waals surface area contributed by atoms with Crippen LogP contribution in [0.1, 0.15) is 57.5 Å². The van der Waals surface area contributed by atoms with Crippen molar-refractivity contribution in [2.75, 3.05) is 55.4 Å². The van der Waals surface area contributed by atoms with Gasteiger partial charge in [-0.3, -0.25) is 9.52 Å². The van der Waals surface area contributed by atoms with Crippen LogP contribution >= 0.6 is 0 Å². The highest BCUT2D eigenvalue weighted by Gasteiger charge is 2.27. The van der Waals surface area contributed by atoms with Crippen LogP contribution in [0.5, 0.6) is 11.6 Å². The number of carbonyl (C=O) groups excluding carboxylic acids is 1. The lowest BCUT2D eigenvalue weighted by molar-refractivity contribution is 0.0692. The molecule has 0 atom stereocenters. The van der Waals surface area contributed by atoms with Gasteiger partial charge < -0.3 is 24.5 Å². The van der Waals surface area contributed by atoms with Gasteiger partial charge in [-0.2, -0.15) is 0 Å². The van der Waals surface area contributed by atoms with Crippen LogP contribution in [0.3, 0.4) is 0 Å². The zero-order chi connectivity index (χ0) is 34.4. The summed E-state index contributed by atoms with van der Waals surface area (Å²) in [5, 5.41) is 9.05. The standard InChI is InChI=1S/C37H41N5O6S/c1-2-40-20-22-41(23-21-40)34-14-10-30(24-33(34)39-49(46,47)26-27-6-4-3-5-7-27)36(43)42-18-16-29(17-19-42)28-8-12-32(13-9-28)48-35-15-11-31(25-38-35)37(44)45/h3-15,24-25,29,39H,2,16-23,26H2,1H3,(H,44,45). The van der Waals surface area contributed by atoms with E-state index in [1.165, 1.54) is 18.3 Å². The minimum atomic E-state index is -3.74. The number of benzene rings is 3. The normalized spacial score (nSPS) is 15.9. The largest absolute Gasteiger partial charge is 0.478 e. The lowest BCUT2D eigenvalue weighted by Gasteiger charge is -2.36. The predicted octanol–water partition coefficient (Wildman–Crippen LogP) is 5.68. The average molecular weight is 684 g/mol. The molecule has 6 rings (SSSR count). The molecular weight excluding hydrogens is 643 g/mol. The first-order chi connectivity index (χ1) is 23.7. The Hall–Kier alpha value is -4.94. The molecule has 0 unspecified atom stereocenters. The topological polar surface area (TPSA) is 132 Å². The Labute approximate surface area is 287 Å². The number of hydrogen-bond acceptors (Lipinski definition) is 8. The number of carboxylic acid groups (broad SMARTS) is 1. The number of carboxylic acids is 1. The van der Waals surface area contributed by atoms with Crippen LogP contribution in [0.25, 0.3) is 0 Å². The summed E-state index contributed by atoms with van der Waals surface area (Å²) in [7, 11) is -3.74. The second-order valence-corrected chi connectivity index (χ2v) is 14.2. The van der Waals surface area contributed by atoms with Crippen LogP contribution in [0.15, 0.2) is 91.1 Å². The molecule has 2 saturated heterocycles. The van der Waals surface area contributed by atoms with E-state index in [4.69, 9.17) is 9.84 Å². The number of ether oxygens (including phenoxy) is 1. The van der Waals surface area contributed by atoms with Gasteiger partial charge in [-0.1, -0.05) is 49.4 Å². The number of amides is 1. The minimum absolute atomic E-state index is 0.0921. The molecule has 2 N–H and O–H groups in total. The number of piperidine rings is 1. The van der Waals surface area contributed by atoms with Crippen LogP contribution in [0.4, 0.5) is 11.4 Å². The number of aromatic carboxylic acids is 1. The van der Waals surface area contributed by atoms with Gasteiger partial charge in [0.05, 0.1) is 22.7 Å². The summed E-state index contributed by atoms with van der Waals surface area (Å²) in [6.45, 7) is 7.58. The second-order valence-electron chi connectivity index (χ2n) is 12.4. The molecule has 1 amide bonds. The maximum Gasteiger partial charge on any atom is 0.337 e. The number of rotatable bonds is 11. The van der Waals surface area contributed by atoms with Crippen molar-refractivity contribution in [3.8, 4) is 11.6 Å². The van der Waals surface area contributed by atoms with Crippen molar-refractivity contribution < 1.29 is 27.9 Å². The molecule has 0 saturated carbocycles. The van der Waals surface area contributed by atoms with Crippen LogP contribution < -0.4 is 14.4 Å². The zero-order valence-electron chi connectivity index (χ0n) is 27.5. The Morgan fingerprint density at radius 3 is 2.20 bits per heavy atom. The number of likely N-dealkylation sites (N-methyl/N-ethyl adjacent to an activating group) is 1. The molecule has 256 valence electrons. The van der Waals surface area contributed by atoms with E-state index in [9.17, 15) is 18.0 Å². The Morgan fingerprint density at radius 1 is 0.878 bits per heavy atom. The predicted molar refractivity (Wildman–Crippen MR) is 189 cm³/mol. The van der Waals surface area contributed by atoms with Crippen LogP contribution in [-0.4, -0.2) is 86.0 Å². The molecule has 0 aliphatic carbocycles. The molecule has 49 heavy (non-hydrogen) atoms. The average Bonchev–Trinajstić information content (AvgIpc) is 3.12. The Morgan fingerprint density at radius 2 is 1.57 bits per heavy atom. The van der Waals surface area contributed by atoms with Gasteiger partial charge in [0.2, 0.25) is 15.9 Å². The smallest absolute Gasteiger partial charge is 0.337 e. The molecule has 2 aliphatic heterocycles. The Balaban J connectivity index is 1.11. The number of piperazine rings is 1. The molecule has 12 heteroatoms. The number of nitrogens with one attached hydrogen (secondary N) is 1. The number of likely N-dealkylation sites (tertiary alicyclic amines) is 1. The van der Waals surface area contributed by atoms with Gasteiger partial charge in [0, 0.05) is 57.1 Å². The fourth-order valence-electron chi connectivity index (χ4n) is 6.42. The molecule has 2 aliphatic rings. The highest BCUT2D eigenvalue weighted by Crippen LogP contribution is 2.33. The minimum Gasteiger partial charge on any atom is -0.478 e. The van der Waals surface area contributed by atoms with Gasteiger partial charge in [-0.15, -0.1) is 0 Å². The molecule has 0 radical (unpaired) electrons. The van der Waals surface area contributed by atoms with E-state index in [2.05, 4.69) is 26.4 Å². The SMILES string of the molecule is CCN1CCN(c2ccc(C(=O)N3CCC(c4ccc(Oc5ccc(C(=O)O)cn5)cc4)CC3)cc2NS(=O)(=O)Cc2ccccc2)CC1. The summed E-state index contributed by atoms with van der Waals surface area (Å²) in [6.07, 6.45) is 2.84. The van der Waals surface area contributed by atoms with Crippen molar-refractivity contribution in [1.82, 2.24) is 14.8 Å². The fraction of sp³-hybridized carbons (Fsp3) is 0.324. The van der Waals surface area contributed by atoms with E-state index in [-0.39, 0.29) is 23.1 Å². The third-order valence-electron chi connectivity index (χ3n) is 9.21. The van der Waals surface area contributed by atoms with Crippen LogP contribution in [0, 0.1) is 0 Å². The molecule has 0 bridgehead atoms. The van der Waals surface area contributed by atoms with Crippen molar-refractivity contribution in [2.24, 2.45) is 0 Å². The Kier molecular flexibility index (Phi) is 10.4. The monoisotopic (exact) mass is 683 g/mol. The summed E-state index contributed by atoms with van der Waals surface area (Å²) in [6, 6.07) is 25.2.